The van der Waals surface area contributed by atoms with Gasteiger partial charge in [0.1, 0.15) is 0 Å². The van der Waals surface area contributed by atoms with E-state index in [1.54, 1.807) is 7.11 Å². The second-order valence-electron chi connectivity index (χ2n) is 6.74. The van der Waals surface area contributed by atoms with Gasteiger partial charge in [0.2, 0.25) is 0 Å². The molecule has 6 heteroatoms. The van der Waals surface area contributed by atoms with Gasteiger partial charge in [-0.25, -0.2) is 0 Å². The average Bonchev–Trinajstić information content (AvgIpc) is 2.95. The van der Waals surface area contributed by atoms with Crippen molar-refractivity contribution < 1.29 is 9.47 Å². The Labute approximate surface area is 145 Å². The first-order valence-corrected chi connectivity index (χ1v) is 7.53. The molecule has 2 fully saturated rings. The Kier molecular flexibility index (Phi) is 6.74. The van der Waals surface area contributed by atoms with Crippen LogP contribution < -0.4 is 10.6 Å². The molecule has 2 aliphatic rings. The van der Waals surface area contributed by atoms with Gasteiger partial charge in [0.15, 0.2) is 5.96 Å². The molecule has 1 saturated carbocycles. The van der Waals surface area contributed by atoms with Gasteiger partial charge in [-0.2, -0.15) is 0 Å². The first kappa shape index (κ1) is 19.0. The maximum absolute atomic E-state index is 5.66. The van der Waals surface area contributed by atoms with Gasteiger partial charge in [-0.3, -0.25) is 4.99 Å². The third kappa shape index (κ3) is 3.82. The number of aliphatic imine (C=N–C) groups is 1. The van der Waals surface area contributed by atoms with Gasteiger partial charge in [-0.15, -0.1) is 24.0 Å². The molecule has 0 aromatic heterocycles. The summed E-state index contributed by atoms with van der Waals surface area (Å²) < 4.78 is 11.1. The highest BCUT2D eigenvalue weighted by atomic mass is 127. The predicted molar refractivity (Wildman–Crippen MR) is 96.4 cm³/mol. The van der Waals surface area contributed by atoms with Crippen LogP contribution in [-0.2, 0) is 9.47 Å². The zero-order chi connectivity index (χ0) is 14.8. The van der Waals surface area contributed by atoms with Crippen LogP contribution in [0.25, 0.3) is 0 Å². The molecule has 3 unspecified atom stereocenters. The van der Waals surface area contributed by atoms with Crippen LogP contribution in [0.4, 0.5) is 0 Å². The van der Waals surface area contributed by atoms with Gasteiger partial charge >= 0.3 is 0 Å². The standard InChI is InChI=1S/C15H29N3O2.HI/c1-14(2)12(8-15(14,3)19-5)18-13(16-4)17-9-11-6-7-20-10-11;/h11-12H,6-10H2,1-5H3,(H2,16,17,18);1H. The fourth-order valence-electron chi connectivity index (χ4n) is 3.07. The molecule has 0 spiro atoms. The second-order valence-corrected chi connectivity index (χ2v) is 6.74. The number of hydrogen-bond acceptors (Lipinski definition) is 3. The summed E-state index contributed by atoms with van der Waals surface area (Å²) in [5.41, 5.74) is 0.0403. The average molecular weight is 411 g/mol. The van der Waals surface area contributed by atoms with Gasteiger partial charge in [0.05, 0.1) is 12.2 Å². The molecule has 21 heavy (non-hydrogen) atoms. The van der Waals surface area contributed by atoms with Crippen molar-refractivity contribution in [2.75, 3.05) is 33.9 Å². The minimum atomic E-state index is -0.0528. The molecule has 0 amide bonds. The smallest absolute Gasteiger partial charge is 0.191 e. The van der Waals surface area contributed by atoms with Gasteiger partial charge in [0, 0.05) is 44.7 Å². The Morgan fingerprint density at radius 3 is 2.57 bits per heavy atom. The van der Waals surface area contributed by atoms with Crippen molar-refractivity contribution in [3.05, 3.63) is 0 Å². The zero-order valence-electron chi connectivity index (χ0n) is 13.9. The highest BCUT2D eigenvalue weighted by Crippen LogP contribution is 2.51. The van der Waals surface area contributed by atoms with Crippen LogP contribution >= 0.6 is 24.0 Å². The van der Waals surface area contributed by atoms with Gasteiger partial charge in [-0.1, -0.05) is 13.8 Å². The van der Waals surface area contributed by atoms with E-state index in [2.05, 4.69) is 36.4 Å². The number of halogens is 1. The van der Waals surface area contributed by atoms with Crippen LogP contribution in [0.1, 0.15) is 33.6 Å². The molecule has 1 heterocycles. The Hall–Kier alpha value is -0.0800. The minimum Gasteiger partial charge on any atom is -0.381 e. The van der Waals surface area contributed by atoms with Crippen molar-refractivity contribution in [3.8, 4) is 0 Å². The van der Waals surface area contributed by atoms with Crippen molar-refractivity contribution in [2.45, 2.75) is 45.3 Å². The number of rotatable bonds is 4. The van der Waals surface area contributed by atoms with Crippen molar-refractivity contribution in [2.24, 2.45) is 16.3 Å². The van der Waals surface area contributed by atoms with Gasteiger partial charge in [0.25, 0.3) is 0 Å². The Morgan fingerprint density at radius 2 is 2.10 bits per heavy atom. The van der Waals surface area contributed by atoms with Crippen LogP contribution in [0.5, 0.6) is 0 Å². The summed E-state index contributed by atoms with van der Waals surface area (Å²) in [4.78, 5) is 4.32. The van der Waals surface area contributed by atoms with E-state index in [0.717, 1.165) is 38.6 Å². The lowest BCUT2D eigenvalue weighted by Gasteiger charge is -2.59. The van der Waals surface area contributed by atoms with E-state index in [0.29, 0.717) is 12.0 Å². The van der Waals surface area contributed by atoms with Crippen molar-refractivity contribution in [3.63, 3.8) is 0 Å². The summed E-state index contributed by atoms with van der Waals surface area (Å²) in [5, 5.41) is 6.94. The van der Waals surface area contributed by atoms with E-state index in [1.807, 2.05) is 7.05 Å². The van der Waals surface area contributed by atoms with E-state index in [1.165, 1.54) is 0 Å². The monoisotopic (exact) mass is 411 g/mol. The molecule has 0 aromatic carbocycles. The fraction of sp³-hybridized carbons (Fsp3) is 0.933. The Morgan fingerprint density at radius 1 is 1.38 bits per heavy atom. The lowest BCUT2D eigenvalue weighted by Crippen LogP contribution is -2.69. The van der Waals surface area contributed by atoms with Crippen molar-refractivity contribution >= 4 is 29.9 Å². The minimum absolute atomic E-state index is 0. The number of methoxy groups -OCH3 is 1. The van der Waals surface area contributed by atoms with Crippen molar-refractivity contribution in [1.29, 1.82) is 0 Å². The quantitative estimate of drug-likeness (QED) is 0.422. The Bertz CT molecular complexity index is 370. The largest absolute Gasteiger partial charge is 0.381 e. The summed E-state index contributed by atoms with van der Waals surface area (Å²) in [6.45, 7) is 9.35. The molecular formula is C15H30IN3O2. The number of guanidine groups is 1. The topological polar surface area (TPSA) is 54.9 Å². The van der Waals surface area contributed by atoms with Gasteiger partial charge in [-0.05, 0) is 19.8 Å². The number of hydrogen-bond donors (Lipinski definition) is 2. The molecule has 2 rings (SSSR count). The fourth-order valence-corrected chi connectivity index (χ4v) is 3.07. The molecule has 0 aromatic rings. The van der Waals surface area contributed by atoms with Gasteiger partial charge < -0.3 is 20.1 Å². The van der Waals surface area contributed by atoms with E-state index in [9.17, 15) is 0 Å². The maximum Gasteiger partial charge on any atom is 0.191 e. The zero-order valence-corrected chi connectivity index (χ0v) is 16.2. The molecule has 1 aliphatic heterocycles. The third-order valence-corrected chi connectivity index (χ3v) is 5.40. The number of ether oxygens (including phenoxy) is 2. The highest BCUT2D eigenvalue weighted by Gasteiger charge is 2.58. The van der Waals surface area contributed by atoms with Crippen LogP contribution in [0.3, 0.4) is 0 Å². The summed E-state index contributed by atoms with van der Waals surface area (Å²) in [6.07, 6.45) is 2.14. The summed E-state index contributed by atoms with van der Waals surface area (Å²) >= 11 is 0. The molecule has 5 nitrogen and oxygen atoms in total. The van der Waals surface area contributed by atoms with Crippen LogP contribution in [0.15, 0.2) is 4.99 Å². The van der Waals surface area contributed by atoms with Crippen molar-refractivity contribution in [1.82, 2.24) is 10.6 Å². The number of nitrogens with zero attached hydrogens (tertiary/aromatic N) is 1. The highest BCUT2D eigenvalue weighted by molar-refractivity contribution is 14.0. The first-order chi connectivity index (χ1) is 9.43. The Balaban J connectivity index is 0.00000220. The second kappa shape index (κ2) is 7.46. The van der Waals surface area contributed by atoms with E-state index in [-0.39, 0.29) is 35.0 Å². The lowest BCUT2D eigenvalue weighted by atomic mass is 9.56. The summed E-state index contributed by atoms with van der Waals surface area (Å²) in [5.74, 6) is 1.49. The molecule has 1 aliphatic carbocycles. The third-order valence-electron chi connectivity index (χ3n) is 5.40. The van der Waals surface area contributed by atoms with Crippen LogP contribution in [-0.4, -0.2) is 51.5 Å². The van der Waals surface area contributed by atoms with E-state index in [4.69, 9.17) is 9.47 Å². The summed E-state index contributed by atoms with van der Waals surface area (Å²) in [7, 11) is 3.62. The molecule has 124 valence electrons. The molecular weight excluding hydrogens is 381 g/mol. The SMILES string of the molecule is CN=C(NCC1CCOC1)NC1CC(C)(OC)C1(C)C.I. The normalized spacial score (nSPS) is 34.8. The van der Waals surface area contributed by atoms with E-state index >= 15 is 0 Å². The molecule has 0 radical (unpaired) electrons. The summed E-state index contributed by atoms with van der Waals surface area (Å²) in [6, 6.07) is 0.387. The lowest BCUT2D eigenvalue weighted by molar-refractivity contribution is -0.176. The van der Waals surface area contributed by atoms with Crippen LogP contribution in [0, 0.1) is 11.3 Å². The number of nitrogens with one attached hydrogen (secondary N) is 2. The maximum atomic E-state index is 5.66. The first-order valence-electron chi connectivity index (χ1n) is 7.53. The molecule has 3 atom stereocenters. The molecule has 1 saturated heterocycles. The van der Waals surface area contributed by atoms with Crippen LogP contribution in [0.2, 0.25) is 0 Å². The molecule has 2 N–H and O–H groups in total. The molecule has 0 bridgehead atoms. The predicted octanol–water partition coefficient (Wildman–Crippen LogP) is 2.01. The van der Waals surface area contributed by atoms with E-state index < -0.39 is 0 Å².